The second-order valence-electron chi connectivity index (χ2n) is 4.14. The predicted octanol–water partition coefficient (Wildman–Crippen LogP) is 2.58. The number of aromatic nitrogens is 3. The van der Waals surface area contributed by atoms with Gasteiger partial charge in [-0.25, -0.2) is 4.98 Å². The van der Waals surface area contributed by atoms with Crippen molar-refractivity contribution < 1.29 is 4.74 Å². The van der Waals surface area contributed by atoms with Crippen LogP contribution in [0, 0.1) is 0 Å². The van der Waals surface area contributed by atoms with Crippen molar-refractivity contribution in [3.05, 3.63) is 18.0 Å². The molecule has 2 aromatic rings. The molecular weight excluding hydrogens is 234 g/mol. The number of fused-ring (bicyclic) bond motifs is 1. The number of H-pyrrole nitrogens is 1. The number of nitrogens with zero attached hydrogens (tertiary/aromatic N) is 2. The van der Waals surface area contributed by atoms with Crippen molar-refractivity contribution in [1.82, 2.24) is 15.0 Å². The molecule has 3 heterocycles. The third-order valence-corrected chi connectivity index (χ3v) is 4.11. The second-order valence-corrected chi connectivity index (χ2v) is 5.29. The summed E-state index contributed by atoms with van der Waals surface area (Å²) < 4.78 is 5.38. The van der Waals surface area contributed by atoms with Gasteiger partial charge in [0.1, 0.15) is 5.82 Å². The standard InChI is InChI=1S/C12H15N3OS/c1-2-16-10-4-3-9-12(14-10)15-11(13-9)8-5-6-17-7-8/h3-4,8H,2,5-7H2,1H3,(H,13,14,15). The normalized spacial score (nSPS) is 19.9. The molecule has 4 nitrogen and oxygen atoms in total. The summed E-state index contributed by atoms with van der Waals surface area (Å²) in [6.45, 7) is 2.59. The Morgan fingerprint density at radius 1 is 1.47 bits per heavy atom. The second kappa shape index (κ2) is 4.56. The van der Waals surface area contributed by atoms with E-state index in [1.54, 1.807) is 0 Å². The van der Waals surface area contributed by atoms with E-state index >= 15 is 0 Å². The van der Waals surface area contributed by atoms with Gasteiger partial charge >= 0.3 is 0 Å². The van der Waals surface area contributed by atoms with Crippen molar-refractivity contribution in [2.45, 2.75) is 19.3 Å². The first-order chi connectivity index (χ1) is 8.36. The molecule has 1 aliphatic rings. The van der Waals surface area contributed by atoms with E-state index in [0.717, 1.165) is 22.7 Å². The molecule has 1 aliphatic heterocycles. The maximum Gasteiger partial charge on any atom is 0.215 e. The Kier molecular flexibility index (Phi) is 2.93. The highest BCUT2D eigenvalue weighted by atomic mass is 32.2. The smallest absolute Gasteiger partial charge is 0.215 e. The van der Waals surface area contributed by atoms with E-state index in [4.69, 9.17) is 4.74 Å². The van der Waals surface area contributed by atoms with E-state index in [2.05, 4.69) is 15.0 Å². The molecule has 0 aromatic carbocycles. The fourth-order valence-corrected chi connectivity index (χ4v) is 3.29. The Labute approximate surface area is 104 Å². The quantitative estimate of drug-likeness (QED) is 0.908. The molecule has 0 bridgehead atoms. The molecule has 0 amide bonds. The number of thioether (sulfide) groups is 1. The summed E-state index contributed by atoms with van der Waals surface area (Å²) >= 11 is 1.99. The van der Waals surface area contributed by atoms with Crippen LogP contribution in [-0.4, -0.2) is 33.1 Å². The van der Waals surface area contributed by atoms with Gasteiger partial charge in [-0.3, -0.25) is 0 Å². The van der Waals surface area contributed by atoms with Gasteiger partial charge in [0.2, 0.25) is 5.88 Å². The van der Waals surface area contributed by atoms with Crippen LogP contribution < -0.4 is 4.74 Å². The molecule has 1 saturated heterocycles. The number of ether oxygens (including phenoxy) is 1. The molecular formula is C12H15N3OS. The van der Waals surface area contributed by atoms with Crippen molar-refractivity contribution in [3.63, 3.8) is 0 Å². The van der Waals surface area contributed by atoms with Crippen LogP contribution in [0.1, 0.15) is 25.1 Å². The monoisotopic (exact) mass is 249 g/mol. The zero-order valence-electron chi connectivity index (χ0n) is 9.77. The highest BCUT2D eigenvalue weighted by Gasteiger charge is 2.21. The summed E-state index contributed by atoms with van der Waals surface area (Å²) in [6.07, 6.45) is 1.21. The van der Waals surface area contributed by atoms with Crippen molar-refractivity contribution in [2.75, 3.05) is 18.1 Å². The van der Waals surface area contributed by atoms with Crippen LogP contribution in [0.4, 0.5) is 0 Å². The van der Waals surface area contributed by atoms with Crippen molar-refractivity contribution in [1.29, 1.82) is 0 Å². The number of pyridine rings is 1. The van der Waals surface area contributed by atoms with E-state index in [1.807, 2.05) is 30.8 Å². The summed E-state index contributed by atoms with van der Waals surface area (Å²) in [4.78, 5) is 12.3. The molecule has 1 fully saturated rings. The average Bonchev–Trinajstić information content (AvgIpc) is 2.97. The molecule has 17 heavy (non-hydrogen) atoms. The SMILES string of the molecule is CCOc1ccc2[nH]c(C3CCSC3)nc2n1. The van der Waals surface area contributed by atoms with Crippen LogP contribution in [0.15, 0.2) is 12.1 Å². The third-order valence-electron chi connectivity index (χ3n) is 2.95. The predicted molar refractivity (Wildman–Crippen MR) is 69.7 cm³/mol. The Bertz CT molecular complexity index is 519. The molecule has 0 aliphatic carbocycles. The van der Waals surface area contributed by atoms with Crippen molar-refractivity contribution in [3.8, 4) is 5.88 Å². The van der Waals surface area contributed by atoms with Crippen LogP contribution in [0.2, 0.25) is 0 Å². The zero-order chi connectivity index (χ0) is 11.7. The van der Waals surface area contributed by atoms with E-state index in [9.17, 15) is 0 Å². The Balaban J connectivity index is 1.94. The number of imidazole rings is 1. The maximum atomic E-state index is 5.38. The first kappa shape index (κ1) is 10.9. The summed E-state index contributed by atoms with van der Waals surface area (Å²) in [5.74, 6) is 4.69. The fraction of sp³-hybridized carbons (Fsp3) is 0.500. The molecule has 3 rings (SSSR count). The number of nitrogens with one attached hydrogen (secondary N) is 1. The maximum absolute atomic E-state index is 5.38. The summed E-state index contributed by atoms with van der Waals surface area (Å²) in [7, 11) is 0. The summed E-state index contributed by atoms with van der Waals surface area (Å²) in [5.41, 5.74) is 1.77. The van der Waals surface area contributed by atoms with Gasteiger partial charge in [0.25, 0.3) is 0 Å². The lowest BCUT2D eigenvalue weighted by Crippen LogP contribution is -1.98. The fourth-order valence-electron chi connectivity index (χ4n) is 2.07. The van der Waals surface area contributed by atoms with Crippen LogP contribution in [0.5, 0.6) is 5.88 Å². The van der Waals surface area contributed by atoms with E-state index in [0.29, 0.717) is 18.4 Å². The van der Waals surface area contributed by atoms with E-state index in [1.165, 1.54) is 12.2 Å². The minimum Gasteiger partial charge on any atom is -0.478 e. The number of hydrogen-bond donors (Lipinski definition) is 1. The first-order valence-electron chi connectivity index (χ1n) is 5.94. The van der Waals surface area contributed by atoms with Gasteiger partial charge in [-0.05, 0) is 25.2 Å². The lowest BCUT2D eigenvalue weighted by molar-refractivity contribution is 0.328. The van der Waals surface area contributed by atoms with Gasteiger partial charge in [-0.1, -0.05) is 0 Å². The van der Waals surface area contributed by atoms with Gasteiger partial charge in [0, 0.05) is 17.7 Å². The highest BCUT2D eigenvalue weighted by Crippen LogP contribution is 2.31. The third kappa shape index (κ3) is 2.11. The molecule has 0 spiro atoms. The van der Waals surface area contributed by atoms with Crippen molar-refractivity contribution in [2.24, 2.45) is 0 Å². The Morgan fingerprint density at radius 3 is 3.18 bits per heavy atom. The van der Waals surface area contributed by atoms with Crippen LogP contribution in [0.25, 0.3) is 11.2 Å². The van der Waals surface area contributed by atoms with Gasteiger partial charge in [0.15, 0.2) is 5.65 Å². The van der Waals surface area contributed by atoms with Gasteiger partial charge in [-0.2, -0.15) is 16.7 Å². The van der Waals surface area contributed by atoms with Crippen LogP contribution >= 0.6 is 11.8 Å². The number of hydrogen-bond acceptors (Lipinski definition) is 4. The van der Waals surface area contributed by atoms with E-state index < -0.39 is 0 Å². The Hall–Kier alpha value is -1.23. The highest BCUT2D eigenvalue weighted by molar-refractivity contribution is 7.99. The molecule has 0 saturated carbocycles. The number of aromatic amines is 1. The lowest BCUT2D eigenvalue weighted by Gasteiger charge is -2.01. The molecule has 1 atom stereocenters. The average molecular weight is 249 g/mol. The minimum atomic E-state index is 0.560. The molecule has 1 unspecified atom stereocenters. The molecule has 90 valence electrons. The first-order valence-corrected chi connectivity index (χ1v) is 7.09. The molecule has 0 radical (unpaired) electrons. The summed E-state index contributed by atoms with van der Waals surface area (Å²) in [5, 5.41) is 0. The van der Waals surface area contributed by atoms with E-state index in [-0.39, 0.29) is 0 Å². The summed E-state index contributed by atoms with van der Waals surface area (Å²) in [6, 6.07) is 3.88. The molecule has 5 heteroatoms. The minimum absolute atomic E-state index is 0.560. The van der Waals surface area contributed by atoms with Crippen molar-refractivity contribution >= 4 is 22.9 Å². The molecule has 1 N–H and O–H groups in total. The van der Waals surface area contributed by atoms with Gasteiger partial charge < -0.3 is 9.72 Å². The van der Waals surface area contributed by atoms with Crippen LogP contribution in [0.3, 0.4) is 0 Å². The lowest BCUT2D eigenvalue weighted by atomic mass is 10.1. The molecule has 2 aromatic heterocycles. The topological polar surface area (TPSA) is 50.8 Å². The van der Waals surface area contributed by atoms with Gasteiger partial charge in [-0.15, -0.1) is 0 Å². The number of rotatable bonds is 3. The van der Waals surface area contributed by atoms with Gasteiger partial charge in [0.05, 0.1) is 12.1 Å². The largest absolute Gasteiger partial charge is 0.478 e. The zero-order valence-corrected chi connectivity index (χ0v) is 10.6. The Morgan fingerprint density at radius 2 is 2.41 bits per heavy atom. The van der Waals surface area contributed by atoms with Crippen LogP contribution in [-0.2, 0) is 0 Å².